The first-order valence-corrected chi connectivity index (χ1v) is 4.62. The maximum Gasteiger partial charge on any atom is 0.466 e. The Labute approximate surface area is 66.2 Å². The molecule has 0 atom stereocenters. The third-order valence-electron chi connectivity index (χ3n) is 0.420. The van der Waals surface area contributed by atoms with Gasteiger partial charge in [-0.05, 0) is 0 Å². The summed E-state index contributed by atoms with van der Waals surface area (Å²) in [6.45, 7) is -3.94. The molecule has 0 aliphatic heterocycles. The van der Waals surface area contributed by atoms with Gasteiger partial charge in [0.1, 0.15) is 0 Å². The lowest BCUT2D eigenvalue weighted by molar-refractivity contribution is -0.117. The Bertz CT molecular complexity index is 169. The quantitative estimate of drug-likeness (QED) is 0.350. The van der Waals surface area contributed by atoms with Crippen molar-refractivity contribution < 1.29 is 23.4 Å². The summed E-state index contributed by atoms with van der Waals surface area (Å²) in [5, 5.41) is 0. The number of hydrogen-bond donors (Lipinski definition) is 2. The Kier molecular flexibility index (Phi) is 4.80. The van der Waals surface area contributed by atoms with E-state index >= 15 is 0 Å². The van der Waals surface area contributed by atoms with E-state index in [1.54, 1.807) is 11.0 Å². The molecule has 0 aromatic carbocycles. The number of halogens is 1. The van der Waals surface area contributed by atoms with Crippen LogP contribution in [0.1, 0.15) is 0 Å². The first kappa shape index (κ1) is 10.4. The van der Waals surface area contributed by atoms with Crippen LogP contribution in [0.25, 0.3) is 0 Å². The van der Waals surface area contributed by atoms with Crippen molar-refractivity contribution in [1.82, 2.24) is 11.0 Å². The average molecular weight is 202 g/mol. The van der Waals surface area contributed by atoms with Crippen molar-refractivity contribution in [3.05, 3.63) is 0 Å². The summed E-state index contributed by atoms with van der Waals surface area (Å²) in [6, 6.07) is 0. The van der Waals surface area contributed by atoms with Gasteiger partial charge in [-0.2, -0.15) is 9.25 Å². The number of amides is 2. The molecule has 0 rings (SSSR count). The summed E-state index contributed by atoms with van der Waals surface area (Å²) >= 11 is 4.96. The van der Waals surface area contributed by atoms with Crippen molar-refractivity contribution in [2.45, 2.75) is 0 Å². The molecular weight excluding hydrogens is 198 g/mol. The first-order valence-electron chi connectivity index (χ1n) is 2.17. The second kappa shape index (κ2) is 5.09. The van der Waals surface area contributed by atoms with Gasteiger partial charge in [-0.25, -0.2) is 15.5 Å². The van der Waals surface area contributed by atoms with Crippen LogP contribution in [0.2, 0.25) is 0 Å². The highest BCUT2D eigenvalue weighted by Gasteiger charge is 2.21. The molecule has 2 amide bonds. The van der Waals surface area contributed by atoms with Crippen molar-refractivity contribution in [3.8, 4) is 0 Å². The molecule has 0 bridgehead atoms. The largest absolute Gasteiger partial charge is 0.466 e. The highest BCUT2D eigenvalue weighted by atomic mass is 35.7. The molecule has 0 fully saturated rings. The molecule has 0 aromatic rings. The van der Waals surface area contributed by atoms with Gasteiger partial charge in [0.05, 0.1) is 0 Å². The van der Waals surface area contributed by atoms with Gasteiger partial charge in [0.2, 0.25) is 12.8 Å². The van der Waals surface area contributed by atoms with Crippen molar-refractivity contribution in [2.75, 3.05) is 0 Å². The molecular formula is C2H4ClN2O5P. The van der Waals surface area contributed by atoms with Crippen molar-refractivity contribution in [1.29, 1.82) is 0 Å². The van der Waals surface area contributed by atoms with Crippen LogP contribution in [-0.2, 0) is 23.4 Å². The van der Waals surface area contributed by atoms with Crippen LogP contribution in [0, 0.1) is 0 Å². The lowest BCUT2D eigenvalue weighted by Gasteiger charge is -2.06. The van der Waals surface area contributed by atoms with Crippen LogP contribution in [0.15, 0.2) is 0 Å². The van der Waals surface area contributed by atoms with Crippen LogP contribution in [0.4, 0.5) is 0 Å². The van der Waals surface area contributed by atoms with E-state index in [1.807, 2.05) is 0 Å². The summed E-state index contributed by atoms with van der Waals surface area (Å²) in [7, 11) is 0. The fourth-order valence-corrected chi connectivity index (χ4v) is 0.802. The number of rotatable bonds is 6. The molecule has 0 aliphatic rings. The molecule has 0 unspecified atom stereocenters. The third-order valence-corrected chi connectivity index (χ3v) is 1.48. The zero-order chi connectivity index (χ0) is 8.74. The SMILES string of the molecule is O=CNOP(=O)(Cl)ONC=O. The maximum atomic E-state index is 10.6. The van der Waals surface area contributed by atoms with Gasteiger partial charge in [0.15, 0.2) is 0 Å². The summed E-state index contributed by atoms with van der Waals surface area (Å²) < 4.78 is 18.5. The first-order chi connectivity index (χ1) is 5.12. The van der Waals surface area contributed by atoms with Gasteiger partial charge in [-0.1, -0.05) is 0 Å². The highest BCUT2D eigenvalue weighted by molar-refractivity contribution is 7.81. The van der Waals surface area contributed by atoms with E-state index in [1.165, 1.54) is 0 Å². The fourth-order valence-electron chi connectivity index (χ4n) is 0.188. The zero-order valence-corrected chi connectivity index (χ0v) is 6.67. The molecule has 9 heteroatoms. The van der Waals surface area contributed by atoms with E-state index in [4.69, 9.17) is 11.2 Å². The Morgan fingerprint density at radius 1 is 1.18 bits per heavy atom. The van der Waals surface area contributed by atoms with Crippen molar-refractivity contribution in [2.24, 2.45) is 0 Å². The molecule has 64 valence electrons. The zero-order valence-electron chi connectivity index (χ0n) is 5.02. The number of hydrogen-bond acceptors (Lipinski definition) is 5. The topological polar surface area (TPSA) is 93.7 Å². The minimum atomic E-state index is -3.94. The molecule has 0 heterocycles. The second-order valence-electron chi connectivity index (χ2n) is 1.08. The van der Waals surface area contributed by atoms with Crippen LogP contribution in [0.5, 0.6) is 0 Å². The van der Waals surface area contributed by atoms with E-state index in [0.717, 1.165) is 0 Å². The van der Waals surface area contributed by atoms with Gasteiger partial charge in [0.25, 0.3) is 0 Å². The number of carbonyl (C=O) groups is 2. The van der Waals surface area contributed by atoms with Gasteiger partial charge in [0, 0.05) is 11.2 Å². The Balaban J connectivity index is 3.69. The molecule has 0 saturated carbocycles. The van der Waals surface area contributed by atoms with Crippen LogP contribution in [-0.4, -0.2) is 12.8 Å². The average Bonchev–Trinajstić information content (AvgIpc) is 1.97. The molecule has 7 nitrogen and oxygen atoms in total. The van der Waals surface area contributed by atoms with E-state index in [9.17, 15) is 14.2 Å². The second-order valence-corrected chi connectivity index (χ2v) is 3.55. The van der Waals surface area contributed by atoms with Crippen molar-refractivity contribution in [3.63, 3.8) is 0 Å². The van der Waals surface area contributed by atoms with Crippen LogP contribution in [0.3, 0.4) is 0 Å². The van der Waals surface area contributed by atoms with Gasteiger partial charge >= 0.3 is 6.95 Å². The van der Waals surface area contributed by atoms with Crippen molar-refractivity contribution >= 4 is 31.0 Å². The molecule has 0 aromatic heterocycles. The smallest absolute Gasteiger partial charge is 0.277 e. The predicted octanol–water partition coefficient (Wildman–Crippen LogP) is -0.312. The molecule has 0 saturated heterocycles. The predicted molar refractivity (Wildman–Crippen MR) is 34.0 cm³/mol. The standard InChI is InChI=1S/C2H4ClN2O5P/c3-11(8,9-4-1-6)10-5-2-7/h1-2H,(H,4,6)(H,5,7). The highest BCUT2D eigenvalue weighted by Crippen LogP contribution is 2.51. The Hall–Kier alpha value is -0.620. The van der Waals surface area contributed by atoms with E-state index < -0.39 is 6.95 Å². The molecule has 0 radical (unpaired) electrons. The monoisotopic (exact) mass is 202 g/mol. The fraction of sp³-hybridized carbons (Fsp3) is 0. The Morgan fingerprint density at radius 2 is 1.55 bits per heavy atom. The lowest BCUT2D eigenvalue weighted by Crippen LogP contribution is -2.14. The molecule has 2 N–H and O–H groups in total. The number of nitrogens with one attached hydrogen (secondary N) is 2. The minimum Gasteiger partial charge on any atom is -0.277 e. The summed E-state index contributed by atoms with van der Waals surface area (Å²) in [5.74, 6) is 0. The summed E-state index contributed by atoms with van der Waals surface area (Å²) in [4.78, 5) is 19.1. The molecule has 0 spiro atoms. The van der Waals surface area contributed by atoms with Crippen LogP contribution < -0.4 is 11.0 Å². The normalized spacial score (nSPS) is 10.3. The maximum absolute atomic E-state index is 10.6. The van der Waals surface area contributed by atoms with E-state index in [2.05, 4.69) is 9.25 Å². The lowest BCUT2D eigenvalue weighted by atomic mass is 11.5. The number of carbonyl (C=O) groups excluding carboxylic acids is 2. The van der Waals surface area contributed by atoms with Gasteiger partial charge in [-0.15, -0.1) is 0 Å². The van der Waals surface area contributed by atoms with Gasteiger partial charge < -0.3 is 0 Å². The number of hydroxylamine groups is 2. The van der Waals surface area contributed by atoms with Gasteiger partial charge in [-0.3, -0.25) is 9.59 Å². The summed E-state index contributed by atoms with van der Waals surface area (Å²) in [5.41, 5.74) is 3.08. The van der Waals surface area contributed by atoms with E-state index in [-0.39, 0.29) is 12.8 Å². The third kappa shape index (κ3) is 5.81. The van der Waals surface area contributed by atoms with Crippen LogP contribution >= 0.6 is 18.2 Å². The minimum absolute atomic E-state index is 0.0965. The Morgan fingerprint density at radius 3 is 1.82 bits per heavy atom. The summed E-state index contributed by atoms with van der Waals surface area (Å²) in [6.07, 6.45) is 0.193. The van der Waals surface area contributed by atoms with E-state index in [0.29, 0.717) is 0 Å². The molecule has 0 aliphatic carbocycles. The molecule has 11 heavy (non-hydrogen) atoms.